The number of hydrogen-bond donors (Lipinski definition) is 3. The van der Waals surface area contributed by atoms with Crippen LogP contribution in [0, 0.1) is 0 Å². The van der Waals surface area contributed by atoms with Crippen molar-refractivity contribution in [1.29, 1.82) is 0 Å². The van der Waals surface area contributed by atoms with E-state index >= 15 is 0 Å². The van der Waals surface area contributed by atoms with Gasteiger partial charge in [-0.3, -0.25) is 9.89 Å². The summed E-state index contributed by atoms with van der Waals surface area (Å²) in [6.45, 7) is 8.42. The molecule has 0 saturated carbocycles. The van der Waals surface area contributed by atoms with Crippen molar-refractivity contribution in [2.45, 2.75) is 33.1 Å². The lowest BCUT2D eigenvalue weighted by Gasteiger charge is -2.03. The topological polar surface area (TPSA) is 82.7 Å². The predicted molar refractivity (Wildman–Crippen MR) is 66.0 cm³/mol. The molecule has 3 N–H and O–H groups in total. The van der Waals surface area contributed by atoms with E-state index in [2.05, 4.69) is 32.7 Å². The summed E-state index contributed by atoms with van der Waals surface area (Å²) >= 11 is 0. The van der Waals surface area contributed by atoms with Gasteiger partial charge in [-0.2, -0.15) is 0 Å². The zero-order valence-corrected chi connectivity index (χ0v) is 10.7. The van der Waals surface area contributed by atoms with Crippen LogP contribution in [0.5, 0.6) is 0 Å². The SMILES string of the molecule is CCCNCCNC(=O)c1n[nH]c(C(C)C)n1. The number of H-pyrrole nitrogens is 1. The maximum absolute atomic E-state index is 11.6. The Labute approximate surface area is 102 Å². The fourth-order valence-corrected chi connectivity index (χ4v) is 1.28. The van der Waals surface area contributed by atoms with Gasteiger partial charge in [-0.15, -0.1) is 5.10 Å². The van der Waals surface area contributed by atoms with Crippen molar-refractivity contribution in [2.75, 3.05) is 19.6 Å². The second-order valence-corrected chi connectivity index (χ2v) is 4.20. The second-order valence-electron chi connectivity index (χ2n) is 4.20. The third-order valence-electron chi connectivity index (χ3n) is 2.27. The van der Waals surface area contributed by atoms with Crippen molar-refractivity contribution in [2.24, 2.45) is 0 Å². The van der Waals surface area contributed by atoms with Crippen molar-refractivity contribution < 1.29 is 4.79 Å². The Hall–Kier alpha value is -1.43. The molecule has 0 aromatic carbocycles. The van der Waals surface area contributed by atoms with Gasteiger partial charge in [0.05, 0.1) is 0 Å². The van der Waals surface area contributed by atoms with Gasteiger partial charge in [-0.1, -0.05) is 20.8 Å². The molecule has 6 heteroatoms. The number of aromatic amines is 1. The molecule has 1 amide bonds. The fraction of sp³-hybridized carbons (Fsp3) is 0.727. The average Bonchev–Trinajstić information content (AvgIpc) is 2.78. The number of aromatic nitrogens is 3. The summed E-state index contributed by atoms with van der Waals surface area (Å²) in [5.41, 5.74) is 0. The van der Waals surface area contributed by atoms with Crippen LogP contribution in [0.25, 0.3) is 0 Å². The lowest BCUT2D eigenvalue weighted by atomic mass is 10.2. The quantitative estimate of drug-likeness (QED) is 0.610. The van der Waals surface area contributed by atoms with Crippen LogP contribution in [0.3, 0.4) is 0 Å². The van der Waals surface area contributed by atoms with E-state index in [1.165, 1.54) is 0 Å². The third kappa shape index (κ3) is 4.52. The number of nitrogens with zero attached hydrogens (tertiary/aromatic N) is 2. The molecule has 0 aliphatic carbocycles. The average molecular weight is 239 g/mol. The highest BCUT2D eigenvalue weighted by Crippen LogP contribution is 2.07. The van der Waals surface area contributed by atoms with Crippen LogP contribution < -0.4 is 10.6 Å². The maximum atomic E-state index is 11.6. The Balaban J connectivity index is 2.31. The van der Waals surface area contributed by atoms with Crippen LogP contribution in [0.15, 0.2) is 0 Å². The highest BCUT2D eigenvalue weighted by Gasteiger charge is 2.12. The van der Waals surface area contributed by atoms with Crippen molar-refractivity contribution in [3.63, 3.8) is 0 Å². The van der Waals surface area contributed by atoms with Gasteiger partial charge in [0.1, 0.15) is 5.82 Å². The van der Waals surface area contributed by atoms with E-state index in [1.54, 1.807) is 0 Å². The summed E-state index contributed by atoms with van der Waals surface area (Å²) in [5, 5.41) is 12.6. The number of carbonyl (C=O) groups excluding carboxylic acids is 1. The first-order chi connectivity index (χ1) is 8.15. The summed E-state index contributed by atoms with van der Waals surface area (Å²) in [7, 11) is 0. The molecule has 0 unspecified atom stereocenters. The zero-order valence-electron chi connectivity index (χ0n) is 10.7. The minimum absolute atomic E-state index is 0.212. The molecule has 0 spiro atoms. The molecule has 0 aliphatic rings. The summed E-state index contributed by atoms with van der Waals surface area (Å²) in [6.07, 6.45) is 1.09. The molecule has 0 fully saturated rings. The molecule has 1 heterocycles. The van der Waals surface area contributed by atoms with Crippen molar-refractivity contribution in [3.8, 4) is 0 Å². The van der Waals surface area contributed by atoms with E-state index in [4.69, 9.17) is 0 Å². The van der Waals surface area contributed by atoms with Crippen LogP contribution in [0.2, 0.25) is 0 Å². The van der Waals surface area contributed by atoms with Crippen LogP contribution >= 0.6 is 0 Å². The van der Waals surface area contributed by atoms with Gasteiger partial charge in [-0.25, -0.2) is 4.98 Å². The van der Waals surface area contributed by atoms with Crippen LogP contribution in [0.4, 0.5) is 0 Å². The van der Waals surface area contributed by atoms with E-state index in [1.807, 2.05) is 13.8 Å². The smallest absolute Gasteiger partial charge is 0.291 e. The largest absolute Gasteiger partial charge is 0.348 e. The molecule has 96 valence electrons. The molecule has 0 aliphatic heterocycles. The number of hydrogen-bond acceptors (Lipinski definition) is 4. The summed E-state index contributed by atoms with van der Waals surface area (Å²) in [5.74, 6) is 0.963. The van der Waals surface area contributed by atoms with Crippen molar-refractivity contribution in [1.82, 2.24) is 25.8 Å². The first-order valence-electron chi connectivity index (χ1n) is 6.06. The van der Waals surface area contributed by atoms with Gasteiger partial charge >= 0.3 is 0 Å². The van der Waals surface area contributed by atoms with Crippen molar-refractivity contribution >= 4 is 5.91 Å². The van der Waals surface area contributed by atoms with Crippen molar-refractivity contribution in [3.05, 3.63) is 11.6 Å². The summed E-state index contributed by atoms with van der Waals surface area (Å²) < 4.78 is 0. The summed E-state index contributed by atoms with van der Waals surface area (Å²) in [4.78, 5) is 15.8. The fourth-order valence-electron chi connectivity index (χ4n) is 1.28. The van der Waals surface area contributed by atoms with Gasteiger partial charge in [0.15, 0.2) is 0 Å². The molecular weight excluding hydrogens is 218 g/mol. The maximum Gasteiger partial charge on any atom is 0.291 e. The summed E-state index contributed by atoms with van der Waals surface area (Å²) in [6, 6.07) is 0. The van der Waals surface area contributed by atoms with E-state index in [0.717, 1.165) is 25.3 Å². The van der Waals surface area contributed by atoms with Gasteiger partial charge in [-0.05, 0) is 13.0 Å². The van der Waals surface area contributed by atoms with Crippen LogP contribution in [-0.2, 0) is 0 Å². The molecule has 0 saturated heterocycles. The molecule has 0 radical (unpaired) electrons. The third-order valence-corrected chi connectivity index (χ3v) is 2.27. The van der Waals surface area contributed by atoms with Crippen LogP contribution in [-0.4, -0.2) is 40.7 Å². The Morgan fingerprint density at radius 3 is 2.71 bits per heavy atom. The Bertz CT molecular complexity index is 347. The minimum atomic E-state index is -0.230. The second kappa shape index (κ2) is 7.01. The van der Waals surface area contributed by atoms with E-state index in [9.17, 15) is 4.79 Å². The monoisotopic (exact) mass is 239 g/mol. The Morgan fingerprint density at radius 1 is 1.35 bits per heavy atom. The number of carbonyl (C=O) groups is 1. The van der Waals surface area contributed by atoms with Gasteiger partial charge in [0.2, 0.25) is 5.82 Å². The number of amides is 1. The molecule has 0 bridgehead atoms. The Kier molecular flexibility index (Phi) is 5.62. The number of nitrogens with one attached hydrogen (secondary N) is 3. The number of rotatable bonds is 7. The van der Waals surface area contributed by atoms with E-state index in [-0.39, 0.29) is 17.6 Å². The molecule has 1 aromatic rings. The molecule has 1 rings (SSSR count). The van der Waals surface area contributed by atoms with Gasteiger partial charge < -0.3 is 10.6 Å². The first kappa shape index (κ1) is 13.6. The van der Waals surface area contributed by atoms with Gasteiger partial charge in [0, 0.05) is 19.0 Å². The predicted octanol–water partition coefficient (Wildman–Crippen LogP) is 0.657. The van der Waals surface area contributed by atoms with Crippen LogP contribution in [0.1, 0.15) is 49.6 Å². The van der Waals surface area contributed by atoms with E-state index in [0.29, 0.717) is 6.54 Å². The van der Waals surface area contributed by atoms with Gasteiger partial charge in [0.25, 0.3) is 5.91 Å². The normalized spacial score (nSPS) is 10.8. The molecular formula is C11H21N5O. The minimum Gasteiger partial charge on any atom is -0.348 e. The molecule has 1 aromatic heterocycles. The highest BCUT2D eigenvalue weighted by molar-refractivity contribution is 5.90. The molecule has 6 nitrogen and oxygen atoms in total. The van der Waals surface area contributed by atoms with E-state index < -0.39 is 0 Å². The zero-order chi connectivity index (χ0) is 12.7. The Morgan fingerprint density at radius 2 is 2.12 bits per heavy atom. The standard InChI is InChI=1S/C11H21N5O/c1-4-5-12-6-7-13-11(17)10-14-9(8(2)3)15-16-10/h8,12H,4-7H2,1-3H3,(H,13,17)(H,14,15,16). The lowest BCUT2D eigenvalue weighted by molar-refractivity contribution is 0.0944. The highest BCUT2D eigenvalue weighted by atomic mass is 16.2. The lowest BCUT2D eigenvalue weighted by Crippen LogP contribution is -2.32. The molecule has 0 atom stereocenters. The molecule has 17 heavy (non-hydrogen) atoms. The first-order valence-corrected chi connectivity index (χ1v) is 6.06.